The lowest BCUT2D eigenvalue weighted by Gasteiger charge is -2.09. The molecule has 0 saturated heterocycles. The van der Waals surface area contributed by atoms with E-state index in [-0.39, 0.29) is 4.90 Å². The molecule has 2 aromatic heterocycles. The summed E-state index contributed by atoms with van der Waals surface area (Å²) in [5, 5.41) is 0. The summed E-state index contributed by atoms with van der Waals surface area (Å²) in [6.45, 7) is 1.97. The molecule has 2 N–H and O–H groups in total. The topological polar surface area (TPSA) is 85.9 Å². The van der Waals surface area contributed by atoms with Crippen LogP contribution in [-0.2, 0) is 9.84 Å². The number of nitrogens with two attached hydrogens (primary N) is 1. The Balaban J connectivity index is 2.06. The molecule has 0 fully saturated rings. The smallest absolute Gasteiger partial charge is 0.175 e. The van der Waals surface area contributed by atoms with E-state index in [0.29, 0.717) is 5.82 Å². The summed E-state index contributed by atoms with van der Waals surface area (Å²) < 4.78 is 23.1. The van der Waals surface area contributed by atoms with Gasteiger partial charge < -0.3 is 5.73 Å². The van der Waals surface area contributed by atoms with E-state index in [0.717, 1.165) is 27.8 Å². The van der Waals surface area contributed by atoms with E-state index < -0.39 is 9.84 Å². The van der Waals surface area contributed by atoms with Crippen LogP contribution in [0, 0.1) is 6.92 Å². The Hall–Kier alpha value is -2.73. The van der Waals surface area contributed by atoms with Gasteiger partial charge in [-0.15, -0.1) is 0 Å². The molecule has 0 aliphatic carbocycles. The van der Waals surface area contributed by atoms with Crippen molar-refractivity contribution in [2.24, 2.45) is 0 Å². The third kappa shape index (κ3) is 3.28. The summed E-state index contributed by atoms with van der Waals surface area (Å²) in [6.07, 6.45) is 6.39. The van der Waals surface area contributed by atoms with Gasteiger partial charge in [-0.1, -0.05) is 12.1 Å². The van der Waals surface area contributed by atoms with Gasteiger partial charge in [0, 0.05) is 41.5 Å². The normalized spacial score (nSPS) is 11.4. The van der Waals surface area contributed by atoms with Gasteiger partial charge in [0.1, 0.15) is 5.82 Å². The number of anilines is 1. The van der Waals surface area contributed by atoms with Crippen LogP contribution >= 0.6 is 0 Å². The first kappa shape index (κ1) is 16.1. The molecular formula is C18H17N3O2S. The number of rotatable bonds is 3. The van der Waals surface area contributed by atoms with Crippen molar-refractivity contribution in [1.82, 2.24) is 9.97 Å². The Kier molecular flexibility index (Phi) is 4.07. The van der Waals surface area contributed by atoms with Gasteiger partial charge in [0.25, 0.3) is 0 Å². The van der Waals surface area contributed by atoms with Crippen LogP contribution in [0.5, 0.6) is 0 Å². The molecule has 3 rings (SSSR count). The van der Waals surface area contributed by atoms with Gasteiger partial charge in [-0.2, -0.15) is 0 Å². The van der Waals surface area contributed by atoms with Crippen LogP contribution in [0.2, 0.25) is 0 Å². The van der Waals surface area contributed by atoms with Gasteiger partial charge in [0.2, 0.25) is 0 Å². The van der Waals surface area contributed by atoms with Crippen molar-refractivity contribution >= 4 is 15.7 Å². The third-order valence-electron chi connectivity index (χ3n) is 3.72. The zero-order valence-corrected chi connectivity index (χ0v) is 14.2. The Morgan fingerprint density at radius 2 is 1.62 bits per heavy atom. The van der Waals surface area contributed by atoms with Crippen LogP contribution in [0.25, 0.3) is 22.3 Å². The molecule has 0 atom stereocenters. The van der Waals surface area contributed by atoms with E-state index in [1.807, 2.05) is 19.1 Å². The second kappa shape index (κ2) is 6.05. The summed E-state index contributed by atoms with van der Waals surface area (Å²) in [6, 6.07) is 10.7. The van der Waals surface area contributed by atoms with Crippen LogP contribution in [0.4, 0.5) is 5.82 Å². The molecule has 0 unspecified atom stereocenters. The minimum atomic E-state index is -3.21. The number of nitrogen functional groups attached to an aromatic ring is 1. The first-order chi connectivity index (χ1) is 11.3. The number of benzene rings is 1. The van der Waals surface area contributed by atoms with E-state index in [1.165, 1.54) is 6.26 Å². The Labute approximate surface area is 141 Å². The molecule has 2 heterocycles. The lowest BCUT2D eigenvalue weighted by Crippen LogP contribution is -1.97. The highest BCUT2D eigenvalue weighted by Crippen LogP contribution is 2.30. The third-order valence-corrected chi connectivity index (χ3v) is 4.85. The fraction of sp³-hybridized carbons (Fsp3) is 0.111. The van der Waals surface area contributed by atoms with Crippen LogP contribution < -0.4 is 5.73 Å². The van der Waals surface area contributed by atoms with Crippen LogP contribution in [-0.4, -0.2) is 24.6 Å². The SMILES string of the molecule is Cc1cncc(-c2cc(-c3ccc(S(C)(=O)=O)cc3)cnc2N)c1. The van der Waals surface area contributed by atoms with Crippen LogP contribution in [0.3, 0.4) is 0 Å². The average molecular weight is 339 g/mol. The summed E-state index contributed by atoms with van der Waals surface area (Å²) >= 11 is 0. The largest absolute Gasteiger partial charge is 0.383 e. The zero-order valence-electron chi connectivity index (χ0n) is 13.4. The summed E-state index contributed by atoms with van der Waals surface area (Å²) in [5.41, 5.74) is 10.5. The molecule has 0 radical (unpaired) electrons. The van der Waals surface area contributed by atoms with Crippen molar-refractivity contribution in [3.63, 3.8) is 0 Å². The maximum atomic E-state index is 11.6. The van der Waals surface area contributed by atoms with Crippen molar-refractivity contribution < 1.29 is 8.42 Å². The lowest BCUT2D eigenvalue weighted by atomic mass is 10.0. The molecule has 0 bridgehead atoms. The maximum Gasteiger partial charge on any atom is 0.175 e. The predicted octanol–water partition coefficient (Wildman–Crippen LogP) is 3.10. The molecule has 24 heavy (non-hydrogen) atoms. The summed E-state index contributed by atoms with van der Waals surface area (Å²) in [4.78, 5) is 8.75. The minimum Gasteiger partial charge on any atom is -0.383 e. The van der Waals surface area contributed by atoms with Gasteiger partial charge in [-0.25, -0.2) is 13.4 Å². The standard InChI is InChI=1S/C18H17N3O2S/c1-12-7-15(10-20-9-12)17-8-14(11-21-18(17)19)13-3-5-16(6-4-13)24(2,22)23/h3-11H,1-2H3,(H2,19,21). The number of nitrogens with zero attached hydrogens (tertiary/aromatic N) is 2. The summed E-state index contributed by atoms with van der Waals surface area (Å²) in [7, 11) is -3.21. The first-order valence-electron chi connectivity index (χ1n) is 7.32. The maximum absolute atomic E-state index is 11.6. The Bertz CT molecular complexity index is 997. The second-order valence-electron chi connectivity index (χ2n) is 5.70. The molecular weight excluding hydrogens is 322 g/mol. The Morgan fingerprint density at radius 3 is 2.25 bits per heavy atom. The van der Waals surface area contributed by atoms with Gasteiger partial charge in [0.05, 0.1) is 4.90 Å². The highest BCUT2D eigenvalue weighted by molar-refractivity contribution is 7.90. The van der Waals surface area contributed by atoms with Gasteiger partial charge >= 0.3 is 0 Å². The number of hydrogen-bond donors (Lipinski definition) is 1. The van der Waals surface area contributed by atoms with Gasteiger partial charge in [-0.05, 0) is 42.3 Å². The highest BCUT2D eigenvalue weighted by atomic mass is 32.2. The zero-order chi connectivity index (χ0) is 17.3. The molecule has 122 valence electrons. The number of sulfone groups is 1. The molecule has 0 aliphatic heterocycles. The van der Waals surface area contributed by atoms with Crippen molar-refractivity contribution in [3.8, 4) is 22.3 Å². The molecule has 1 aromatic carbocycles. The first-order valence-corrected chi connectivity index (χ1v) is 9.22. The number of aryl methyl sites for hydroxylation is 1. The Morgan fingerprint density at radius 1 is 0.917 bits per heavy atom. The van der Waals surface area contributed by atoms with Crippen molar-refractivity contribution in [2.45, 2.75) is 11.8 Å². The molecule has 5 nitrogen and oxygen atoms in total. The summed E-state index contributed by atoms with van der Waals surface area (Å²) in [5.74, 6) is 0.430. The van der Waals surface area contributed by atoms with E-state index >= 15 is 0 Å². The number of aromatic nitrogens is 2. The second-order valence-corrected chi connectivity index (χ2v) is 7.72. The van der Waals surface area contributed by atoms with E-state index in [9.17, 15) is 8.42 Å². The molecule has 3 aromatic rings. The van der Waals surface area contributed by atoms with Gasteiger partial charge in [0.15, 0.2) is 9.84 Å². The number of hydrogen-bond acceptors (Lipinski definition) is 5. The highest BCUT2D eigenvalue weighted by Gasteiger charge is 2.10. The predicted molar refractivity (Wildman–Crippen MR) is 95.2 cm³/mol. The lowest BCUT2D eigenvalue weighted by molar-refractivity contribution is 0.602. The molecule has 0 amide bonds. The fourth-order valence-corrected chi connectivity index (χ4v) is 3.09. The number of pyridine rings is 2. The molecule has 6 heteroatoms. The minimum absolute atomic E-state index is 0.290. The average Bonchev–Trinajstić information content (AvgIpc) is 2.54. The van der Waals surface area contributed by atoms with Crippen molar-refractivity contribution in [1.29, 1.82) is 0 Å². The molecule has 0 aliphatic rings. The van der Waals surface area contributed by atoms with Gasteiger partial charge in [-0.3, -0.25) is 4.98 Å². The van der Waals surface area contributed by atoms with Crippen LogP contribution in [0.15, 0.2) is 59.9 Å². The van der Waals surface area contributed by atoms with E-state index in [2.05, 4.69) is 9.97 Å². The van der Waals surface area contributed by atoms with E-state index in [1.54, 1.807) is 42.9 Å². The van der Waals surface area contributed by atoms with E-state index in [4.69, 9.17) is 5.73 Å². The van der Waals surface area contributed by atoms with Crippen LogP contribution in [0.1, 0.15) is 5.56 Å². The van der Waals surface area contributed by atoms with Crippen molar-refractivity contribution in [2.75, 3.05) is 12.0 Å². The molecule has 0 spiro atoms. The monoisotopic (exact) mass is 339 g/mol. The molecule has 0 saturated carbocycles. The van der Waals surface area contributed by atoms with Crippen molar-refractivity contribution in [3.05, 3.63) is 60.6 Å². The quantitative estimate of drug-likeness (QED) is 0.792. The fourth-order valence-electron chi connectivity index (χ4n) is 2.46.